The van der Waals surface area contributed by atoms with Crippen LogP contribution in [-0.4, -0.2) is 82.6 Å². The number of nitrogens with one attached hydrogen (secondary N) is 1. The number of amides is 2. The van der Waals surface area contributed by atoms with E-state index in [4.69, 9.17) is 10.5 Å². The molecule has 0 aliphatic carbocycles. The highest BCUT2D eigenvalue weighted by Crippen LogP contribution is 2.29. The molecule has 44 heavy (non-hydrogen) atoms. The van der Waals surface area contributed by atoms with Crippen molar-refractivity contribution in [2.45, 2.75) is 78.7 Å². The fourth-order valence-corrected chi connectivity index (χ4v) is 5.38. The van der Waals surface area contributed by atoms with Gasteiger partial charge >= 0.3 is 0 Å². The average Bonchev–Trinajstić information content (AvgIpc) is 3.00. The van der Waals surface area contributed by atoms with Crippen molar-refractivity contribution in [3.8, 4) is 5.75 Å². The second kappa shape index (κ2) is 16.8. The molecule has 1 aromatic carbocycles. The highest BCUT2D eigenvalue weighted by Gasteiger charge is 2.26. The number of ether oxygens (including phenoxy) is 1. The van der Waals surface area contributed by atoms with Gasteiger partial charge in [-0.05, 0) is 64.2 Å². The van der Waals surface area contributed by atoms with E-state index in [1.807, 2.05) is 30.9 Å². The maximum Gasteiger partial charge on any atom is 0.254 e. The summed E-state index contributed by atoms with van der Waals surface area (Å²) in [4.78, 5) is 38.7. The van der Waals surface area contributed by atoms with Crippen LogP contribution in [0.2, 0.25) is 0 Å². The largest absolute Gasteiger partial charge is 0.496 e. The number of benzene rings is 1. The number of aliphatic hydroxyl groups is 1. The van der Waals surface area contributed by atoms with E-state index < -0.39 is 0 Å². The summed E-state index contributed by atoms with van der Waals surface area (Å²) in [6, 6.07) is 5.33. The highest BCUT2D eigenvalue weighted by atomic mass is 16.5. The summed E-state index contributed by atoms with van der Waals surface area (Å²) in [7, 11) is 1.59. The Morgan fingerprint density at radius 2 is 1.84 bits per heavy atom. The Balaban J connectivity index is 1.64. The van der Waals surface area contributed by atoms with Crippen LogP contribution in [0.1, 0.15) is 86.5 Å². The highest BCUT2D eigenvalue weighted by molar-refractivity contribution is 5.95. The standard InChI is InChI=1S/C34H50N6O4/c1-7-9-28(22-41)37-32-29(25(5)36-34(35)38-32)20-26-13-14-27(21-30(26)44-6)33(43)40-18-16-39(17-19-40)31(42)15-12-24(4)11-8-10-23(2)3/h11,13-14,21,28,41H,2,7-10,12,15-20,22H2,1,3-6H3,(H3,35,36,37,38)/b24-11+/t28-/m0/s1. The molecule has 240 valence electrons. The summed E-state index contributed by atoms with van der Waals surface area (Å²) in [5.41, 5.74) is 11.3. The average molecular weight is 607 g/mol. The van der Waals surface area contributed by atoms with Gasteiger partial charge in [0.2, 0.25) is 11.9 Å². The fourth-order valence-electron chi connectivity index (χ4n) is 5.38. The minimum Gasteiger partial charge on any atom is -0.496 e. The zero-order chi connectivity index (χ0) is 32.2. The van der Waals surface area contributed by atoms with Crippen LogP contribution in [0.15, 0.2) is 42.0 Å². The number of anilines is 2. The van der Waals surface area contributed by atoms with E-state index in [0.717, 1.165) is 54.5 Å². The second-order valence-electron chi connectivity index (χ2n) is 11.7. The Hall–Kier alpha value is -3.92. The Morgan fingerprint density at radius 1 is 1.14 bits per heavy atom. The molecule has 2 aromatic rings. The minimum atomic E-state index is -0.150. The molecule has 1 saturated heterocycles. The Bertz CT molecular complexity index is 1330. The van der Waals surface area contributed by atoms with Crippen LogP contribution in [0, 0.1) is 6.92 Å². The molecular weight excluding hydrogens is 556 g/mol. The Labute approximate surface area is 262 Å². The molecule has 2 amide bonds. The maximum absolute atomic E-state index is 13.4. The quantitative estimate of drug-likeness (QED) is 0.244. The van der Waals surface area contributed by atoms with Gasteiger partial charge in [0.15, 0.2) is 0 Å². The number of nitrogens with two attached hydrogens (primary N) is 1. The lowest BCUT2D eigenvalue weighted by atomic mass is 10.0. The molecule has 10 heteroatoms. The van der Waals surface area contributed by atoms with Gasteiger partial charge < -0.3 is 30.7 Å². The number of allylic oxidation sites excluding steroid dienone is 3. The molecule has 3 rings (SSSR count). The number of nitrogen functional groups attached to an aromatic ring is 1. The van der Waals surface area contributed by atoms with Gasteiger partial charge in [0.1, 0.15) is 11.6 Å². The summed E-state index contributed by atoms with van der Waals surface area (Å²) in [6.45, 7) is 14.0. The third-order valence-corrected chi connectivity index (χ3v) is 8.05. The second-order valence-corrected chi connectivity index (χ2v) is 11.7. The van der Waals surface area contributed by atoms with Gasteiger partial charge in [-0.3, -0.25) is 9.59 Å². The van der Waals surface area contributed by atoms with Crippen LogP contribution < -0.4 is 15.8 Å². The lowest BCUT2D eigenvalue weighted by Crippen LogP contribution is -2.50. The zero-order valence-corrected chi connectivity index (χ0v) is 27.1. The van der Waals surface area contributed by atoms with Crippen molar-refractivity contribution in [2.24, 2.45) is 0 Å². The van der Waals surface area contributed by atoms with E-state index in [1.54, 1.807) is 18.1 Å². The monoisotopic (exact) mass is 606 g/mol. The summed E-state index contributed by atoms with van der Waals surface area (Å²) in [5, 5.41) is 13.1. The number of hydrogen-bond acceptors (Lipinski definition) is 8. The van der Waals surface area contributed by atoms with Crippen LogP contribution in [0.3, 0.4) is 0 Å². The van der Waals surface area contributed by atoms with E-state index in [-0.39, 0.29) is 30.4 Å². The molecule has 0 unspecified atom stereocenters. The molecule has 10 nitrogen and oxygen atoms in total. The van der Waals surface area contributed by atoms with E-state index >= 15 is 0 Å². The SMILES string of the molecule is C=C(C)CC/C=C(\C)CCC(=O)N1CCN(C(=O)c2ccc(Cc3c(C)nc(N)nc3N[C@H](CO)CCC)c(OC)c2)CC1. The van der Waals surface area contributed by atoms with Gasteiger partial charge in [-0.2, -0.15) is 4.98 Å². The van der Waals surface area contributed by atoms with Crippen molar-refractivity contribution in [2.75, 3.05) is 50.9 Å². The van der Waals surface area contributed by atoms with Crippen LogP contribution in [0.4, 0.5) is 11.8 Å². The molecule has 1 aliphatic heterocycles. The molecule has 0 bridgehead atoms. The number of carbonyl (C=O) groups is 2. The molecule has 1 aliphatic rings. The first-order valence-electron chi connectivity index (χ1n) is 15.6. The topological polar surface area (TPSA) is 134 Å². The van der Waals surface area contributed by atoms with Crippen molar-refractivity contribution < 1.29 is 19.4 Å². The maximum atomic E-state index is 13.4. The van der Waals surface area contributed by atoms with E-state index in [2.05, 4.69) is 41.8 Å². The predicted molar refractivity (Wildman–Crippen MR) is 176 cm³/mol. The number of methoxy groups -OCH3 is 1. The first kappa shape index (κ1) is 34.6. The van der Waals surface area contributed by atoms with Crippen molar-refractivity contribution in [3.63, 3.8) is 0 Å². The van der Waals surface area contributed by atoms with Gasteiger partial charge in [-0.25, -0.2) is 4.98 Å². The summed E-state index contributed by atoms with van der Waals surface area (Å²) < 4.78 is 5.71. The lowest BCUT2D eigenvalue weighted by Gasteiger charge is -2.35. The number of aliphatic hydroxyl groups excluding tert-OH is 1. The number of piperazine rings is 1. The molecule has 0 saturated carbocycles. The zero-order valence-electron chi connectivity index (χ0n) is 27.1. The van der Waals surface area contributed by atoms with Crippen LogP contribution in [0.25, 0.3) is 0 Å². The minimum absolute atomic E-state index is 0.0218. The number of rotatable bonds is 15. The smallest absolute Gasteiger partial charge is 0.254 e. The number of aryl methyl sites for hydroxylation is 1. The summed E-state index contributed by atoms with van der Waals surface area (Å²) in [6.07, 6.45) is 7.51. The summed E-state index contributed by atoms with van der Waals surface area (Å²) >= 11 is 0. The van der Waals surface area contributed by atoms with Gasteiger partial charge in [0, 0.05) is 55.8 Å². The van der Waals surface area contributed by atoms with Crippen LogP contribution in [-0.2, 0) is 11.2 Å². The first-order valence-corrected chi connectivity index (χ1v) is 15.6. The Kier molecular flexibility index (Phi) is 13.2. The molecule has 1 aromatic heterocycles. The van der Waals surface area contributed by atoms with Crippen LogP contribution in [0.5, 0.6) is 5.75 Å². The fraction of sp³-hybridized carbons (Fsp3) is 0.529. The number of carbonyl (C=O) groups excluding carboxylic acids is 2. The normalized spacial score (nSPS) is 14.4. The Morgan fingerprint density at radius 3 is 2.48 bits per heavy atom. The molecule has 4 N–H and O–H groups in total. The van der Waals surface area contributed by atoms with E-state index in [9.17, 15) is 14.7 Å². The predicted octanol–water partition coefficient (Wildman–Crippen LogP) is 4.91. The first-order chi connectivity index (χ1) is 21.1. The van der Waals surface area contributed by atoms with Crippen LogP contribution >= 0.6 is 0 Å². The van der Waals surface area contributed by atoms with Crippen molar-refractivity contribution >= 4 is 23.6 Å². The number of nitrogens with zero attached hydrogens (tertiary/aromatic N) is 4. The molecular formula is C34H50N6O4. The molecule has 1 atom stereocenters. The van der Waals surface area contributed by atoms with Crippen molar-refractivity contribution in [3.05, 3.63) is 64.4 Å². The number of aromatic nitrogens is 2. The third-order valence-electron chi connectivity index (χ3n) is 8.05. The van der Waals surface area contributed by atoms with Crippen molar-refractivity contribution in [1.29, 1.82) is 0 Å². The third kappa shape index (κ3) is 9.80. The molecule has 0 radical (unpaired) electrons. The molecule has 1 fully saturated rings. The number of hydrogen-bond donors (Lipinski definition) is 3. The van der Waals surface area contributed by atoms with E-state index in [0.29, 0.717) is 56.2 Å². The van der Waals surface area contributed by atoms with Gasteiger partial charge in [0.05, 0.1) is 19.8 Å². The van der Waals surface area contributed by atoms with Gasteiger partial charge in [0.25, 0.3) is 5.91 Å². The van der Waals surface area contributed by atoms with Gasteiger partial charge in [-0.1, -0.05) is 36.6 Å². The molecule has 2 heterocycles. The lowest BCUT2D eigenvalue weighted by molar-refractivity contribution is -0.132. The van der Waals surface area contributed by atoms with E-state index in [1.165, 1.54) is 5.57 Å². The van der Waals surface area contributed by atoms with Gasteiger partial charge in [-0.15, -0.1) is 6.58 Å². The van der Waals surface area contributed by atoms with Crippen molar-refractivity contribution in [1.82, 2.24) is 19.8 Å². The molecule has 0 spiro atoms. The summed E-state index contributed by atoms with van der Waals surface area (Å²) in [5.74, 6) is 1.39.